The third kappa shape index (κ3) is 2.10. The second-order valence-electron chi connectivity index (χ2n) is 4.05. The normalized spacial score (nSPS) is 28.7. The molecule has 1 aromatic rings. The molecular weight excluding hydrogens is 158 g/mol. The molecule has 0 saturated carbocycles. The third-order valence-corrected chi connectivity index (χ3v) is 2.86. The van der Waals surface area contributed by atoms with Gasteiger partial charge in [0.1, 0.15) is 0 Å². The van der Waals surface area contributed by atoms with Crippen LogP contribution < -0.4 is 5.32 Å². The van der Waals surface area contributed by atoms with Gasteiger partial charge in [-0.2, -0.15) is 0 Å². The highest BCUT2D eigenvalue weighted by Gasteiger charge is 2.17. The summed E-state index contributed by atoms with van der Waals surface area (Å²) in [5, 5.41) is 3.59. The molecule has 1 saturated heterocycles. The molecule has 0 unspecified atom stereocenters. The Morgan fingerprint density at radius 1 is 1.15 bits per heavy atom. The van der Waals surface area contributed by atoms with Crippen molar-refractivity contribution in [1.29, 1.82) is 0 Å². The van der Waals surface area contributed by atoms with Crippen molar-refractivity contribution in [1.82, 2.24) is 5.32 Å². The van der Waals surface area contributed by atoms with Gasteiger partial charge in [0.25, 0.3) is 0 Å². The molecular formula is C12H17N. The summed E-state index contributed by atoms with van der Waals surface area (Å²) in [7, 11) is 0. The van der Waals surface area contributed by atoms with Crippen molar-refractivity contribution in [2.75, 3.05) is 6.54 Å². The van der Waals surface area contributed by atoms with E-state index in [1.165, 1.54) is 24.9 Å². The van der Waals surface area contributed by atoms with E-state index in [0.717, 1.165) is 5.92 Å². The molecule has 13 heavy (non-hydrogen) atoms. The maximum atomic E-state index is 3.59. The van der Waals surface area contributed by atoms with E-state index in [2.05, 4.69) is 42.6 Å². The standard InChI is InChI=1S/C12H17N/c1-10-7-8-12(13-9-10)11-5-3-2-4-6-11/h2-6,10,12-13H,7-9H2,1H3/t10-,12+/m1/s1. The molecule has 1 aromatic carbocycles. The number of benzene rings is 1. The molecule has 0 radical (unpaired) electrons. The Morgan fingerprint density at radius 2 is 1.92 bits per heavy atom. The van der Waals surface area contributed by atoms with Gasteiger partial charge >= 0.3 is 0 Å². The first-order chi connectivity index (χ1) is 6.36. The van der Waals surface area contributed by atoms with Crippen LogP contribution in [0.5, 0.6) is 0 Å². The van der Waals surface area contributed by atoms with Gasteiger partial charge in [-0.05, 0) is 30.9 Å². The highest BCUT2D eigenvalue weighted by atomic mass is 14.9. The van der Waals surface area contributed by atoms with Crippen LogP contribution in [0.4, 0.5) is 0 Å². The van der Waals surface area contributed by atoms with E-state index in [4.69, 9.17) is 0 Å². The lowest BCUT2D eigenvalue weighted by molar-refractivity contribution is 0.333. The Labute approximate surface area is 80.2 Å². The van der Waals surface area contributed by atoms with Crippen molar-refractivity contribution >= 4 is 0 Å². The molecule has 0 amide bonds. The van der Waals surface area contributed by atoms with Crippen LogP contribution in [0.15, 0.2) is 30.3 Å². The minimum absolute atomic E-state index is 0.595. The smallest absolute Gasteiger partial charge is 0.0320 e. The molecule has 1 nitrogen and oxygen atoms in total. The number of nitrogens with one attached hydrogen (secondary N) is 1. The van der Waals surface area contributed by atoms with Crippen molar-refractivity contribution in [3.63, 3.8) is 0 Å². The lowest BCUT2D eigenvalue weighted by atomic mass is 9.92. The van der Waals surface area contributed by atoms with Crippen LogP contribution >= 0.6 is 0 Å². The zero-order chi connectivity index (χ0) is 9.10. The van der Waals surface area contributed by atoms with Crippen LogP contribution in [-0.4, -0.2) is 6.54 Å². The first-order valence-electron chi connectivity index (χ1n) is 5.14. The van der Waals surface area contributed by atoms with Crippen LogP contribution in [0.1, 0.15) is 31.4 Å². The van der Waals surface area contributed by atoms with Crippen molar-refractivity contribution in [2.24, 2.45) is 5.92 Å². The quantitative estimate of drug-likeness (QED) is 0.692. The SMILES string of the molecule is C[C@@H]1CC[C@@H](c2ccccc2)NC1. The summed E-state index contributed by atoms with van der Waals surface area (Å²) in [5.41, 5.74) is 1.44. The van der Waals surface area contributed by atoms with E-state index >= 15 is 0 Å². The largest absolute Gasteiger partial charge is 0.310 e. The Kier molecular flexibility index (Phi) is 2.65. The van der Waals surface area contributed by atoms with Gasteiger partial charge in [-0.3, -0.25) is 0 Å². The van der Waals surface area contributed by atoms with Gasteiger partial charge < -0.3 is 5.32 Å². The van der Waals surface area contributed by atoms with Gasteiger partial charge in [0, 0.05) is 6.04 Å². The highest BCUT2D eigenvalue weighted by Crippen LogP contribution is 2.24. The van der Waals surface area contributed by atoms with Crippen LogP contribution in [0.25, 0.3) is 0 Å². The fourth-order valence-electron chi connectivity index (χ4n) is 1.97. The molecule has 0 spiro atoms. The number of rotatable bonds is 1. The fraction of sp³-hybridized carbons (Fsp3) is 0.500. The third-order valence-electron chi connectivity index (χ3n) is 2.86. The molecule has 2 rings (SSSR count). The summed E-state index contributed by atoms with van der Waals surface area (Å²) >= 11 is 0. The molecule has 1 fully saturated rings. The van der Waals surface area contributed by atoms with E-state index < -0.39 is 0 Å². The Hall–Kier alpha value is -0.820. The summed E-state index contributed by atoms with van der Waals surface area (Å²) < 4.78 is 0. The summed E-state index contributed by atoms with van der Waals surface area (Å²) in [6, 6.07) is 11.3. The van der Waals surface area contributed by atoms with Crippen molar-refractivity contribution in [3.05, 3.63) is 35.9 Å². The average Bonchev–Trinajstić information content (AvgIpc) is 2.20. The highest BCUT2D eigenvalue weighted by molar-refractivity contribution is 5.19. The van der Waals surface area contributed by atoms with Crippen LogP contribution in [0, 0.1) is 5.92 Å². The minimum atomic E-state index is 0.595. The monoisotopic (exact) mass is 175 g/mol. The predicted octanol–water partition coefficient (Wildman–Crippen LogP) is 2.75. The molecule has 70 valence electrons. The molecule has 1 N–H and O–H groups in total. The molecule has 0 aromatic heterocycles. The molecule has 1 heterocycles. The zero-order valence-electron chi connectivity index (χ0n) is 8.16. The van der Waals surface area contributed by atoms with Crippen molar-refractivity contribution in [2.45, 2.75) is 25.8 Å². The molecule has 1 aliphatic heterocycles. The fourth-order valence-corrected chi connectivity index (χ4v) is 1.97. The predicted molar refractivity (Wildman–Crippen MR) is 55.6 cm³/mol. The molecule has 1 aliphatic rings. The van der Waals surface area contributed by atoms with Gasteiger partial charge in [0.15, 0.2) is 0 Å². The molecule has 2 atom stereocenters. The van der Waals surface area contributed by atoms with Gasteiger partial charge in [-0.25, -0.2) is 0 Å². The van der Waals surface area contributed by atoms with Crippen LogP contribution in [0.2, 0.25) is 0 Å². The summed E-state index contributed by atoms with van der Waals surface area (Å²) in [4.78, 5) is 0. The summed E-state index contributed by atoms with van der Waals surface area (Å²) in [6.45, 7) is 3.48. The maximum absolute atomic E-state index is 3.59. The van der Waals surface area contributed by atoms with E-state index in [9.17, 15) is 0 Å². The van der Waals surface area contributed by atoms with Gasteiger partial charge in [-0.1, -0.05) is 37.3 Å². The Balaban J connectivity index is 2.03. The van der Waals surface area contributed by atoms with Gasteiger partial charge in [-0.15, -0.1) is 0 Å². The van der Waals surface area contributed by atoms with Crippen molar-refractivity contribution in [3.8, 4) is 0 Å². The second-order valence-corrected chi connectivity index (χ2v) is 4.05. The summed E-state index contributed by atoms with van der Waals surface area (Å²) in [6.07, 6.45) is 2.64. The average molecular weight is 175 g/mol. The van der Waals surface area contributed by atoms with Crippen LogP contribution in [0.3, 0.4) is 0 Å². The molecule has 1 heteroatoms. The van der Waals surface area contributed by atoms with E-state index in [1.807, 2.05) is 0 Å². The topological polar surface area (TPSA) is 12.0 Å². The number of hydrogen-bond donors (Lipinski definition) is 1. The minimum Gasteiger partial charge on any atom is -0.310 e. The molecule has 0 aliphatic carbocycles. The van der Waals surface area contributed by atoms with Gasteiger partial charge in [0.2, 0.25) is 0 Å². The summed E-state index contributed by atoms with van der Waals surface area (Å²) in [5.74, 6) is 0.847. The van der Waals surface area contributed by atoms with E-state index in [-0.39, 0.29) is 0 Å². The van der Waals surface area contributed by atoms with Gasteiger partial charge in [0.05, 0.1) is 0 Å². The number of piperidine rings is 1. The maximum Gasteiger partial charge on any atom is 0.0320 e. The zero-order valence-corrected chi connectivity index (χ0v) is 8.16. The van der Waals surface area contributed by atoms with E-state index in [0.29, 0.717) is 6.04 Å². The number of hydrogen-bond acceptors (Lipinski definition) is 1. The lowest BCUT2D eigenvalue weighted by Crippen LogP contribution is -2.31. The first kappa shape index (κ1) is 8.76. The van der Waals surface area contributed by atoms with E-state index in [1.54, 1.807) is 0 Å². The Morgan fingerprint density at radius 3 is 2.54 bits per heavy atom. The Bertz CT molecular complexity index is 247. The first-order valence-corrected chi connectivity index (χ1v) is 5.14. The van der Waals surface area contributed by atoms with Crippen molar-refractivity contribution < 1.29 is 0 Å². The second kappa shape index (κ2) is 3.93. The van der Waals surface area contributed by atoms with Crippen LogP contribution in [-0.2, 0) is 0 Å². The lowest BCUT2D eigenvalue weighted by Gasteiger charge is -2.28. The molecule has 0 bridgehead atoms.